The molecule has 2 saturated carbocycles. The molecule has 4 atom stereocenters. The monoisotopic (exact) mass is 834 g/mol. The number of nitrogens with one attached hydrogen (secondary N) is 1. The Morgan fingerprint density at radius 1 is 0.949 bits per heavy atom. The molecule has 1 aromatic heterocycles. The molecule has 308 valence electrons. The van der Waals surface area contributed by atoms with Crippen LogP contribution in [0.25, 0.3) is 28.5 Å². The highest BCUT2D eigenvalue weighted by Gasteiger charge is 2.48. The molecule has 2 bridgehead atoms. The van der Waals surface area contributed by atoms with Gasteiger partial charge >= 0.3 is 12.1 Å². The van der Waals surface area contributed by atoms with Crippen molar-refractivity contribution in [2.24, 2.45) is 17.8 Å². The Balaban J connectivity index is 0.932. The van der Waals surface area contributed by atoms with E-state index >= 15 is 0 Å². The standard InChI is InChI=1S/C47H50N2O8S2/c1-27(2)18-39(48-46(52)56-26-38-36-13-7-5-11-34(36)35-12-6-8-14-37(35)38)45(51)55-17-9-10-30-23-41(31-21-32(53-3)24-33(22-31)54-4)57-42(30)25-43-44(50)49(47(58)59-43)40-20-28-15-16-29(40)19-28/h5-8,11-14,21-25,27-29,38-40H,9-10,15-20,26H2,1-4H3,(H,48,52). The molecule has 3 aromatic carbocycles. The van der Waals surface area contributed by atoms with Crippen molar-refractivity contribution in [3.63, 3.8) is 0 Å². The van der Waals surface area contributed by atoms with Crippen molar-refractivity contribution < 1.29 is 37.7 Å². The normalized spacial score (nSPS) is 20.6. The lowest BCUT2D eigenvalue weighted by Gasteiger charge is -2.30. The summed E-state index contributed by atoms with van der Waals surface area (Å²) in [6, 6.07) is 23.1. The number of nitrogens with zero attached hydrogens (tertiary/aromatic N) is 1. The van der Waals surface area contributed by atoms with E-state index in [2.05, 4.69) is 29.6 Å². The van der Waals surface area contributed by atoms with Crippen molar-refractivity contribution in [1.82, 2.24) is 10.2 Å². The average Bonchev–Trinajstić information content (AvgIpc) is 4.07. The zero-order valence-electron chi connectivity index (χ0n) is 33.9. The molecule has 0 radical (unpaired) electrons. The van der Waals surface area contributed by atoms with Crippen molar-refractivity contribution in [3.05, 3.63) is 100 Å². The maximum Gasteiger partial charge on any atom is 0.407 e. The first-order chi connectivity index (χ1) is 28.6. The lowest BCUT2D eigenvalue weighted by molar-refractivity contribution is -0.146. The van der Waals surface area contributed by atoms with E-state index in [1.807, 2.05) is 61.2 Å². The number of thioether (sulfide) groups is 1. The molecule has 3 aliphatic carbocycles. The van der Waals surface area contributed by atoms with Crippen LogP contribution in [-0.4, -0.2) is 66.7 Å². The molecule has 8 rings (SSSR count). The number of fused-ring (bicyclic) bond motifs is 5. The van der Waals surface area contributed by atoms with Gasteiger partial charge in [0.05, 0.1) is 25.7 Å². The van der Waals surface area contributed by atoms with Gasteiger partial charge in [0.25, 0.3) is 5.91 Å². The number of amides is 2. The van der Waals surface area contributed by atoms with Gasteiger partial charge in [-0.25, -0.2) is 9.59 Å². The fraction of sp³-hybridized carbons (Fsp3) is 0.404. The summed E-state index contributed by atoms with van der Waals surface area (Å²) in [5, 5.41) is 2.78. The Hall–Kier alpha value is -5.07. The Labute approximate surface area is 355 Å². The molecule has 4 aromatic rings. The van der Waals surface area contributed by atoms with Crippen LogP contribution >= 0.6 is 24.0 Å². The average molecular weight is 835 g/mol. The van der Waals surface area contributed by atoms with Crippen molar-refractivity contribution in [1.29, 1.82) is 0 Å². The van der Waals surface area contributed by atoms with E-state index in [9.17, 15) is 14.4 Å². The molecule has 4 unspecified atom stereocenters. The van der Waals surface area contributed by atoms with Gasteiger partial charge in [0, 0.05) is 29.7 Å². The topological polar surface area (TPSA) is 117 Å². The molecule has 4 aliphatic rings. The van der Waals surface area contributed by atoms with Gasteiger partial charge in [-0.2, -0.15) is 0 Å². The highest BCUT2D eigenvalue weighted by Crippen LogP contribution is 2.50. The number of hydrogen-bond donors (Lipinski definition) is 1. The number of furan rings is 1. The molecular formula is C47H50N2O8S2. The molecule has 12 heteroatoms. The number of carbonyl (C=O) groups excluding carboxylic acids is 3. The number of benzene rings is 3. The first kappa shape index (κ1) is 40.7. The van der Waals surface area contributed by atoms with Crippen molar-refractivity contribution in [2.75, 3.05) is 27.4 Å². The molecule has 2 amide bonds. The van der Waals surface area contributed by atoms with Crippen LogP contribution in [0.2, 0.25) is 0 Å². The number of ether oxygens (including phenoxy) is 4. The second kappa shape index (κ2) is 17.6. The maximum absolute atomic E-state index is 13.9. The minimum Gasteiger partial charge on any atom is -0.497 e. The van der Waals surface area contributed by atoms with E-state index in [0.29, 0.717) is 63.3 Å². The Kier molecular flexibility index (Phi) is 12.2. The first-order valence-corrected chi connectivity index (χ1v) is 21.7. The third-order valence-corrected chi connectivity index (χ3v) is 13.4. The van der Waals surface area contributed by atoms with E-state index in [-0.39, 0.29) is 37.0 Å². The van der Waals surface area contributed by atoms with Crippen LogP contribution in [0.3, 0.4) is 0 Å². The summed E-state index contributed by atoms with van der Waals surface area (Å²) in [5.41, 5.74) is 6.10. The predicted octanol–water partition coefficient (Wildman–Crippen LogP) is 9.78. The minimum atomic E-state index is -0.873. The summed E-state index contributed by atoms with van der Waals surface area (Å²) in [7, 11) is 3.19. The van der Waals surface area contributed by atoms with Gasteiger partial charge in [-0.3, -0.25) is 9.69 Å². The SMILES string of the molecule is COc1cc(OC)cc(-c2cc(CCCOC(=O)C(CC(C)C)NC(=O)OCC3c4ccccc4-c4ccccc43)c(C=C3SC(=S)N(C4CC5CCC4C5)C3=O)o2)c1. The van der Waals surface area contributed by atoms with E-state index in [1.54, 1.807) is 26.4 Å². The molecule has 10 nitrogen and oxygen atoms in total. The fourth-order valence-corrected chi connectivity index (χ4v) is 10.6. The first-order valence-electron chi connectivity index (χ1n) is 20.5. The molecule has 1 N–H and O–H groups in total. The smallest absolute Gasteiger partial charge is 0.407 e. The van der Waals surface area contributed by atoms with Gasteiger partial charge in [-0.05, 0) is 102 Å². The Bertz CT molecular complexity index is 2210. The molecule has 0 spiro atoms. The second-order valence-electron chi connectivity index (χ2n) is 16.3. The van der Waals surface area contributed by atoms with Gasteiger partial charge < -0.3 is 28.7 Å². The summed E-state index contributed by atoms with van der Waals surface area (Å²) >= 11 is 7.09. The number of alkyl carbamates (subject to hydrolysis) is 1. The van der Waals surface area contributed by atoms with Gasteiger partial charge in [-0.15, -0.1) is 0 Å². The van der Waals surface area contributed by atoms with Crippen LogP contribution in [0, 0.1) is 17.8 Å². The molecule has 2 heterocycles. The van der Waals surface area contributed by atoms with E-state index < -0.39 is 18.1 Å². The van der Waals surface area contributed by atoms with E-state index in [0.717, 1.165) is 46.2 Å². The molecule has 1 aliphatic heterocycles. The largest absolute Gasteiger partial charge is 0.497 e. The van der Waals surface area contributed by atoms with Gasteiger partial charge in [0.2, 0.25) is 0 Å². The van der Waals surface area contributed by atoms with Crippen LogP contribution in [0.1, 0.15) is 80.7 Å². The number of thiocarbonyl (C=S) groups is 1. The third kappa shape index (κ3) is 8.66. The van der Waals surface area contributed by atoms with Crippen LogP contribution in [0.5, 0.6) is 11.5 Å². The molecule has 1 saturated heterocycles. The molecule has 59 heavy (non-hydrogen) atoms. The van der Waals surface area contributed by atoms with E-state index in [1.165, 1.54) is 24.6 Å². The highest BCUT2D eigenvalue weighted by atomic mass is 32.2. The molecule has 3 fully saturated rings. The minimum absolute atomic E-state index is 0.0708. The van der Waals surface area contributed by atoms with Gasteiger partial charge in [0.15, 0.2) is 0 Å². The zero-order valence-corrected chi connectivity index (χ0v) is 35.5. The summed E-state index contributed by atoms with van der Waals surface area (Å²) in [4.78, 5) is 42.9. The quantitative estimate of drug-likeness (QED) is 0.0537. The van der Waals surface area contributed by atoms with Gasteiger partial charge in [0.1, 0.15) is 40.0 Å². The zero-order chi connectivity index (χ0) is 41.2. The summed E-state index contributed by atoms with van der Waals surface area (Å²) < 4.78 is 29.6. The van der Waals surface area contributed by atoms with Crippen molar-refractivity contribution in [2.45, 2.75) is 76.8 Å². The lowest BCUT2D eigenvalue weighted by atomic mass is 9.94. The number of carbonyl (C=O) groups is 3. The number of methoxy groups -OCH3 is 2. The fourth-order valence-electron chi connectivity index (χ4n) is 9.27. The maximum atomic E-state index is 13.9. The summed E-state index contributed by atoms with van der Waals surface area (Å²) in [5.74, 6) is 2.95. The second-order valence-corrected chi connectivity index (χ2v) is 18.0. The summed E-state index contributed by atoms with van der Waals surface area (Å²) in [6.07, 6.45) is 7.06. The van der Waals surface area contributed by atoms with Crippen LogP contribution in [-0.2, 0) is 25.5 Å². The number of aryl methyl sites for hydroxylation is 1. The number of hydrogen-bond acceptors (Lipinski definition) is 10. The van der Waals surface area contributed by atoms with Crippen molar-refractivity contribution in [3.8, 4) is 33.9 Å². The number of esters is 1. The predicted molar refractivity (Wildman–Crippen MR) is 232 cm³/mol. The third-order valence-electron chi connectivity index (χ3n) is 12.1. The highest BCUT2D eigenvalue weighted by molar-refractivity contribution is 8.26. The summed E-state index contributed by atoms with van der Waals surface area (Å²) in [6.45, 7) is 4.23. The van der Waals surface area contributed by atoms with E-state index in [4.69, 9.17) is 35.6 Å². The Morgan fingerprint density at radius 2 is 1.64 bits per heavy atom. The molecular weight excluding hydrogens is 785 g/mol. The Morgan fingerprint density at radius 3 is 2.27 bits per heavy atom. The van der Waals surface area contributed by atoms with Crippen molar-refractivity contribution >= 4 is 52.3 Å². The lowest BCUT2D eigenvalue weighted by Crippen LogP contribution is -2.43. The van der Waals surface area contributed by atoms with Gasteiger partial charge in [-0.1, -0.05) is 92.8 Å². The number of rotatable bonds is 15. The van der Waals surface area contributed by atoms with Crippen LogP contribution in [0.4, 0.5) is 4.79 Å². The van der Waals surface area contributed by atoms with Crippen LogP contribution in [0.15, 0.2) is 82.1 Å². The van der Waals surface area contributed by atoms with Crippen LogP contribution < -0.4 is 14.8 Å².